The Balaban J connectivity index is 1.55. The van der Waals surface area contributed by atoms with Crippen LogP contribution in [0.25, 0.3) is 0 Å². The van der Waals surface area contributed by atoms with Crippen molar-refractivity contribution in [3.8, 4) is 0 Å². The molecule has 0 unspecified atom stereocenters. The molecule has 0 saturated carbocycles. The molecule has 1 fully saturated rings. The second-order valence-electron chi connectivity index (χ2n) is 5.24. The fourth-order valence-corrected chi connectivity index (χ4v) is 2.57. The zero-order valence-electron chi connectivity index (χ0n) is 12.1. The minimum absolute atomic E-state index is 0.0164. The van der Waals surface area contributed by atoms with Crippen molar-refractivity contribution in [1.82, 2.24) is 15.1 Å². The van der Waals surface area contributed by atoms with Gasteiger partial charge in [-0.1, -0.05) is 11.6 Å². The third-order valence-electron chi connectivity index (χ3n) is 3.63. The van der Waals surface area contributed by atoms with Gasteiger partial charge in [-0.15, -0.1) is 10.2 Å². The van der Waals surface area contributed by atoms with Crippen molar-refractivity contribution < 1.29 is 17.6 Å². The molecule has 1 aliphatic heterocycles. The van der Waals surface area contributed by atoms with E-state index in [2.05, 4.69) is 19.5 Å². The van der Waals surface area contributed by atoms with Crippen LogP contribution in [0.15, 0.2) is 28.7 Å². The minimum Gasteiger partial charge on any atom is -0.416 e. The molecule has 2 aromatic rings. The number of halogens is 4. The average molecular weight is 347 g/mol. The average Bonchev–Trinajstić information content (AvgIpc) is 2.98. The molecule has 0 amide bonds. The van der Waals surface area contributed by atoms with Gasteiger partial charge in [0, 0.05) is 36.9 Å². The molecule has 1 aliphatic rings. The third kappa shape index (κ3) is 3.94. The fraction of sp³-hybridized carbons (Fsp3) is 0.429. The summed E-state index contributed by atoms with van der Waals surface area (Å²) in [5.41, 5.74) is 1.08. The standard InChI is InChI=1S/C14H14ClF3N4O/c15-10-1-3-11(4-2-10)22-7-5-21(6-8-22)9-12-19-20-13(23-12)14(16,17)18/h1-4H,5-9H2. The van der Waals surface area contributed by atoms with E-state index in [4.69, 9.17) is 11.6 Å². The summed E-state index contributed by atoms with van der Waals surface area (Å²) in [6.07, 6.45) is -4.60. The molecule has 2 heterocycles. The van der Waals surface area contributed by atoms with Crippen LogP contribution in [-0.2, 0) is 12.7 Å². The zero-order chi connectivity index (χ0) is 16.4. The fourth-order valence-electron chi connectivity index (χ4n) is 2.44. The van der Waals surface area contributed by atoms with E-state index in [9.17, 15) is 13.2 Å². The Morgan fingerprint density at radius 3 is 2.26 bits per heavy atom. The quantitative estimate of drug-likeness (QED) is 0.854. The largest absolute Gasteiger partial charge is 0.470 e. The number of anilines is 1. The molecule has 1 aromatic heterocycles. The van der Waals surface area contributed by atoms with Gasteiger partial charge in [0.15, 0.2) is 0 Å². The van der Waals surface area contributed by atoms with Gasteiger partial charge in [-0.25, -0.2) is 0 Å². The molecule has 5 nitrogen and oxygen atoms in total. The van der Waals surface area contributed by atoms with Gasteiger partial charge in [0.1, 0.15) is 0 Å². The predicted molar refractivity (Wildman–Crippen MR) is 78.2 cm³/mol. The summed E-state index contributed by atoms with van der Waals surface area (Å²) in [5.74, 6) is -1.32. The lowest BCUT2D eigenvalue weighted by Crippen LogP contribution is -2.46. The molecule has 0 aliphatic carbocycles. The molecule has 9 heteroatoms. The lowest BCUT2D eigenvalue weighted by Gasteiger charge is -2.35. The smallest absolute Gasteiger partial charge is 0.416 e. The lowest BCUT2D eigenvalue weighted by atomic mass is 10.2. The molecule has 3 rings (SSSR count). The van der Waals surface area contributed by atoms with Crippen LogP contribution in [0.5, 0.6) is 0 Å². The van der Waals surface area contributed by atoms with Gasteiger partial charge in [0.2, 0.25) is 5.89 Å². The number of piperazine rings is 1. The summed E-state index contributed by atoms with van der Waals surface area (Å²) in [5, 5.41) is 7.17. The summed E-state index contributed by atoms with van der Waals surface area (Å²) < 4.78 is 41.9. The maximum atomic E-state index is 12.4. The molecular weight excluding hydrogens is 333 g/mol. The van der Waals surface area contributed by atoms with Gasteiger partial charge < -0.3 is 9.32 Å². The first-order chi connectivity index (χ1) is 10.9. The van der Waals surface area contributed by atoms with Crippen molar-refractivity contribution in [1.29, 1.82) is 0 Å². The molecule has 0 bridgehead atoms. The third-order valence-corrected chi connectivity index (χ3v) is 3.88. The van der Waals surface area contributed by atoms with Gasteiger partial charge in [0.25, 0.3) is 0 Å². The lowest BCUT2D eigenvalue weighted by molar-refractivity contribution is -0.157. The summed E-state index contributed by atoms with van der Waals surface area (Å²) in [4.78, 5) is 4.18. The number of nitrogens with zero attached hydrogens (tertiary/aromatic N) is 4. The second-order valence-corrected chi connectivity index (χ2v) is 5.67. The van der Waals surface area contributed by atoms with Gasteiger partial charge >= 0.3 is 12.1 Å². The molecule has 0 atom stereocenters. The van der Waals surface area contributed by atoms with Crippen LogP contribution in [0.4, 0.5) is 18.9 Å². The summed E-state index contributed by atoms with van der Waals surface area (Å²) in [6.45, 7) is 3.15. The first-order valence-electron chi connectivity index (χ1n) is 7.04. The van der Waals surface area contributed by atoms with Crippen LogP contribution in [0, 0.1) is 0 Å². The van der Waals surface area contributed by atoms with Crippen molar-refractivity contribution in [3.63, 3.8) is 0 Å². The number of hydrogen-bond donors (Lipinski definition) is 0. The Labute approximate surface area is 135 Å². The van der Waals surface area contributed by atoms with Crippen LogP contribution in [0.2, 0.25) is 5.02 Å². The monoisotopic (exact) mass is 346 g/mol. The summed E-state index contributed by atoms with van der Waals surface area (Å²) >= 11 is 5.87. The van der Waals surface area contributed by atoms with E-state index in [1.54, 1.807) is 0 Å². The number of benzene rings is 1. The zero-order valence-corrected chi connectivity index (χ0v) is 12.8. The van der Waals surface area contributed by atoms with Gasteiger partial charge in [0.05, 0.1) is 6.54 Å². The van der Waals surface area contributed by atoms with E-state index in [0.717, 1.165) is 18.8 Å². The molecule has 23 heavy (non-hydrogen) atoms. The van der Waals surface area contributed by atoms with Crippen molar-refractivity contribution in [3.05, 3.63) is 41.1 Å². The van der Waals surface area contributed by atoms with Crippen LogP contribution < -0.4 is 4.90 Å². The number of alkyl halides is 3. The van der Waals surface area contributed by atoms with E-state index in [1.165, 1.54) is 0 Å². The molecule has 1 saturated heterocycles. The normalized spacial score (nSPS) is 16.8. The summed E-state index contributed by atoms with van der Waals surface area (Å²) in [6, 6.07) is 7.57. The second kappa shape index (κ2) is 6.37. The van der Waals surface area contributed by atoms with E-state index >= 15 is 0 Å². The van der Waals surface area contributed by atoms with Crippen LogP contribution in [-0.4, -0.2) is 41.3 Å². The highest BCUT2D eigenvalue weighted by atomic mass is 35.5. The van der Waals surface area contributed by atoms with Crippen LogP contribution in [0.3, 0.4) is 0 Å². The Kier molecular flexibility index (Phi) is 4.45. The predicted octanol–water partition coefficient (Wildman–Crippen LogP) is 3.06. The van der Waals surface area contributed by atoms with Gasteiger partial charge in [-0.3, -0.25) is 4.90 Å². The number of hydrogen-bond acceptors (Lipinski definition) is 5. The SMILES string of the molecule is FC(F)(F)c1nnc(CN2CCN(c3ccc(Cl)cc3)CC2)o1. The van der Waals surface area contributed by atoms with Crippen molar-refractivity contribution in [2.75, 3.05) is 31.1 Å². The highest BCUT2D eigenvalue weighted by molar-refractivity contribution is 6.30. The number of aromatic nitrogens is 2. The maximum absolute atomic E-state index is 12.4. The highest BCUT2D eigenvalue weighted by Gasteiger charge is 2.38. The molecular formula is C14H14ClF3N4O. The van der Waals surface area contributed by atoms with Crippen LogP contribution in [0.1, 0.15) is 11.8 Å². The molecule has 0 N–H and O–H groups in total. The molecule has 0 spiro atoms. The van der Waals surface area contributed by atoms with Crippen molar-refractivity contribution >= 4 is 17.3 Å². The minimum atomic E-state index is -4.60. The Morgan fingerprint density at radius 2 is 1.70 bits per heavy atom. The Bertz CT molecular complexity index is 651. The van der Waals surface area contributed by atoms with Gasteiger partial charge in [-0.05, 0) is 24.3 Å². The summed E-state index contributed by atoms with van der Waals surface area (Å²) in [7, 11) is 0. The molecule has 124 valence electrons. The van der Waals surface area contributed by atoms with Crippen molar-refractivity contribution in [2.24, 2.45) is 0 Å². The Morgan fingerprint density at radius 1 is 1.04 bits per heavy atom. The maximum Gasteiger partial charge on any atom is 0.470 e. The van der Waals surface area contributed by atoms with Gasteiger partial charge in [-0.2, -0.15) is 13.2 Å². The molecule has 1 aromatic carbocycles. The topological polar surface area (TPSA) is 45.4 Å². The van der Waals surface area contributed by atoms with E-state index in [0.29, 0.717) is 18.1 Å². The van der Waals surface area contributed by atoms with E-state index in [-0.39, 0.29) is 12.4 Å². The number of rotatable bonds is 3. The van der Waals surface area contributed by atoms with E-state index < -0.39 is 12.1 Å². The van der Waals surface area contributed by atoms with E-state index in [1.807, 2.05) is 29.2 Å². The molecule has 0 radical (unpaired) electrons. The van der Waals surface area contributed by atoms with Crippen LogP contribution >= 0.6 is 11.6 Å². The van der Waals surface area contributed by atoms with Crippen molar-refractivity contribution in [2.45, 2.75) is 12.7 Å². The highest BCUT2D eigenvalue weighted by Crippen LogP contribution is 2.28. The first-order valence-corrected chi connectivity index (χ1v) is 7.42. The Hall–Kier alpha value is -1.80. The first kappa shape index (κ1) is 16.1.